The van der Waals surface area contributed by atoms with Crippen LogP contribution in [-0.2, 0) is 33.3 Å². The second-order valence-corrected chi connectivity index (χ2v) is 9.83. The van der Waals surface area contributed by atoms with E-state index in [1.807, 2.05) is 0 Å². The third-order valence-electron chi connectivity index (χ3n) is 6.84. The van der Waals surface area contributed by atoms with Gasteiger partial charge >= 0.3 is 0 Å². The molecule has 3 fully saturated rings. The number of aliphatic hydroxyl groups excluding tert-OH is 8. The van der Waals surface area contributed by atoms with Gasteiger partial charge in [0, 0.05) is 13.8 Å². The quantitative estimate of drug-likeness (QED) is 0.130. The number of aliphatic hydroxyl groups is 8. The predicted molar refractivity (Wildman–Crippen MR) is 123 cm³/mol. The van der Waals surface area contributed by atoms with Crippen molar-refractivity contribution < 1.29 is 74.1 Å². The Bertz CT molecular complexity index is 837. The Morgan fingerprint density at radius 2 is 1.33 bits per heavy atom. The van der Waals surface area contributed by atoms with Crippen LogP contribution in [-0.4, -0.2) is 158 Å². The van der Waals surface area contributed by atoms with Crippen LogP contribution < -0.4 is 10.6 Å². The van der Waals surface area contributed by atoms with E-state index in [0.29, 0.717) is 0 Å². The molecule has 3 aliphatic rings. The zero-order chi connectivity index (χ0) is 29.2. The maximum atomic E-state index is 11.8. The Balaban J connectivity index is 1.84. The van der Waals surface area contributed by atoms with Crippen molar-refractivity contribution >= 4 is 11.8 Å². The van der Waals surface area contributed by atoms with Gasteiger partial charge in [0.25, 0.3) is 0 Å². The number of carbonyl (C=O) groups is 2. The minimum Gasteiger partial charge on any atom is -0.394 e. The zero-order valence-corrected chi connectivity index (χ0v) is 21.5. The maximum absolute atomic E-state index is 11.8. The van der Waals surface area contributed by atoms with E-state index in [-0.39, 0.29) is 0 Å². The molecule has 0 bridgehead atoms. The molecule has 10 N–H and O–H groups in total. The molecule has 0 radical (unpaired) electrons. The monoisotopic (exact) mass is 570 g/mol. The second-order valence-electron chi connectivity index (χ2n) is 9.83. The number of amides is 2. The molecule has 0 aromatic rings. The molecule has 17 nitrogen and oxygen atoms in total. The van der Waals surface area contributed by atoms with E-state index in [4.69, 9.17) is 23.7 Å². The number of ether oxygens (including phenoxy) is 5. The number of rotatable bonds is 8. The molecular formula is C22H38N2O15. The van der Waals surface area contributed by atoms with Gasteiger partial charge in [-0.25, -0.2) is 0 Å². The lowest BCUT2D eigenvalue weighted by atomic mass is 9.94. The van der Waals surface area contributed by atoms with Gasteiger partial charge < -0.3 is 75.2 Å². The molecule has 3 rings (SSSR count). The summed E-state index contributed by atoms with van der Waals surface area (Å²) < 4.78 is 27.9. The summed E-state index contributed by atoms with van der Waals surface area (Å²) in [6.07, 6.45) is -19.6. The normalized spacial score (nSPS) is 46.9. The first-order valence-corrected chi connectivity index (χ1v) is 12.4. The first-order chi connectivity index (χ1) is 18.3. The van der Waals surface area contributed by atoms with Gasteiger partial charge in [0.05, 0.1) is 19.3 Å². The fourth-order valence-corrected chi connectivity index (χ4v) is 4.71. The molecular weight excluding hydrogens is 532 g/mol. The summed E-state index contributed by atoms with van der Waals surface area (Å²) in [5.41, 5.74) is 0. The molecule has 3 aliphatic heterocycles. The van der Waals surface area contributed by atoms with E-state index >= 15 is 0 Å². The number of nitrogens with one attached hydrogen (secondary N) is 2. The van der Waals surface area contributed by atoms with Crippen molar-refractivity contribution in [1.82, 2.24) is 10.6 Å². The van der Waals surface area contributed by atoms with Crippen molar-refractivity contribution in [3.8, 4) is 0 Å². The van der Waals surface area contributed by atoms with Crippen LogP contribution in [0.5, 0.6) is 0 Å². The molecule has 3 saturated heterocycles. The van der Waals surface area contributed by atoms with Crippen molar-refractivity contribution in [3.05, 3.63) is 0 Å². The van der Waals surface area contributed by atoms with Crippen LogP contribution in [0, 0.1) is 0 Å². The fraction of sp³-hybridized carbons (Fsp3) is 0.909. The van der Waals surface area contributed by atoms with E-state index in [0.717, 1.165) is 13.8 Å². The van der Waals surface area contributed by atoms with Crippen molar-refractivity contribution in [3.63, 3.8) is 0 Å². The standard InChI is InChI=1S/C22H38N2O15/c1-6-13(28)17(32)18(33)22(36-6)35-5-10-19(16(31)11(20(34)37-10)23-7(2)26)39-21-12(24-8(3)27)15(30)14(29)9(4-25)38-21/h6,9-22,25,28-34H,4-5H2,1-3H3,(H,23,26)(H,24,27)/t6-,9-,10-,11+,12+,13+,14+,15-,16+,17+,18+,19+,20-,21+,22-/m1/s1. The molecule has 39 heavy (non-hydrogen) atoms. The summed E-state index contributed by atoms with van der Waals surface area (Å²) in [7, 11) is 0. The topological polar surface area (TPSA) is 266 Å². The van der Waals surface area contributed by atoms with Crippen LogP contribution in [0.4, 0.5) is 0 Å². The van der Waals surface area contributed by atoms with Crippen LogP contribution >= 0.6 is 0 Å². The fourth-order valence-electron chi connectivity index (χ4n) is 4.71. The van der Waals surface area contributed by atoms with Gasteiger partial charge in [-0.3, -0.25) is 9.59 Å². The Morgan fingerprint density at radius 3 is 1.92 bits per heavy atom. The first kappa shape index (κ1) is 31.9. The van der Waals surface area contributed by atoms with Gasteiger partial charge in [-0.2, -0.15) is 0 Å². The summed E-state index contributed by atoms with van der Waals surface area (Å²) in [5.74, 6) is -1.25. The lowest BCUT2D eigenvalue weighted by Gasteiger charge is -2.48. The molecule has 0 aromatic heterocycles. The summed E-state index contributed by atoms with van der Waals surface area (Å²) in [6, 6.07) is -2.80. The summed E-state index contributed by atoms with van der Waals surface area (Å²) in [6.45, 7) is 2.42. The molecule has 15 atom stereocenters. The molecule has 0 saturated carbocycles. The second kappa shape index (κ2) is 13.4. The lowest BCUT2D eigenvalue weighted by molar-refractivity contribution is -0.340. The molecule has 0 spiro atoms. The lowest BCUT2D eigenvalue weighted by Crippen LogP contribution is -2.69. The van der Waals surface area contributed by atoms with Crippen molar-refractivity contribution in [2.24, 2.45) is 0 Å². The van der Waals surface area contributed by atoms with Crippen LogP contribution in [0.2, 0.25) is 0 Å². The zero-order valence-electron chi connectivity index (χ0n) is 21.5. The smallest absolute Gasteiger partial charge is 0.217 e. The maximum Gasteiger partial charge on any atom is 0.217 e. The highest BCUT2D eigenvalue weighted by Gasteiger charge is 2.52. The van der Waals surface area contributed by atoms with Crippen LogP contribution in [0.1, 0.15) is 20.8 Å². The number of carbonyl (C=O) groups excluding carboxylic acids is 2. The van der Waals surface area contributed by atoms with Gasteiger partial charge in [-0.1, -0.05) is 0 Å². The molecule has 3 heterocycles. The van der Waals surface area contributed by atoms with Crippen LogP contribution in [0.15, 0.2) is 0 Å². The number of hydrogen-bond acceptors (Lipinski definition) is 15. The predicted octanol–water partition coefficient (Wildman–Crippen LogP) is -6.26. The van der Waals surface area contributed by atoms with Crippen LogP contribution in [0.3, 0.4) is 0 Å². The van der Waals surface area contributed by atoms with Gasteiger partial charge in [-0.15, -0.1) is 0 Å². The summed E-state index contributed by atoms with van der Waals surface area (Å²) in [4.78, 5) is 23.4. The molecule has 2 amide bonds. The van der Waals surface area contributed by atoms with Gasteiger partial charge in [-0.05, 0) is 6.92 Å². The van der Waals surface area contributed by atoms with E-state index in [1.165, 1.54) is 6.92 Å². The summed E-state index contributed by atoms with van der Waals surface area (Å²) >= 11 is 0. The molecule has 226 valence electrons. The Hall–Kier alpha value is -1.58. The minimum absolute atomic E-state index is 0.547. The first-order valence-electron chi connectivity index (χ1n) is 12.4. The van der Waals surface area contributed by atoms with Gasteiger partial charge in [0.15, 0.2) is 18.9 Å². The average molecular weight is 571 g/mol. The molecule has 17 heteroatoms. The average Bonchev–Trinajstić information content (AvgIpc) is 2.87. The third kappa shape index (κ3) is 7.20. The highest BCUT2D eigenvalue weighted by atomic mass is 16.7. The largest absolute Gasteiger partial charge is 0.394 e. The Morgan fingerprint density at radius 1 is 0.718 bits per heavy atom. The highest BCUT2D eigenvalue weighted by Crippen LogP contribution is 2.30. The molecule has 0 aliphatic carbocycles. The van der Waals surface area contributed by atoms with Crippen molar-refractivity contribution in [2.75, 3.05) is 13.2 Å². The van der Waals surface area contributed by atoms with Gasteiger partial charge in [0.1, 0.15) is 67.0 Å². The molecule has 0 unspecified atom stereocenters. The van der Waals surface area contributed by atoms with Crippen molar-refractivity contribution in [2.45, 2.75) is 113 Å². The van der Waals surface area contributed by atoms with Gasteiger partial charge in [0.2, 0.25) is 11.8 Å². The Kier molecular flexibility index (Phi) is 11.0. The Labute approximate surface area is 223 Å². The SMILES string of the molecule is CC(=O)N[C@@H]1[C@H](O[C@@H]2[C@@H](O)[C@H](NC(C)=O)[C@H](O)O[C@@H]2CO[C@@H]2O[C@H](C)[C@H](O)[C@H](O)[C@@H]2O)O[C@H](CO)[C@H](O)[C@@H]1O. The third-order valence-corrected chi connectivity index (χ3v) is 6.84. The molecule has 0 aromatic carbocycles. The van der Waals surface area contributed by atoms with E-state index in [9.17, 15) is 50.4 Å². The van der Waals surface area contributed by atoms with Crippen molar-refractivity contribution in [1.29, 1.82) is 0 Å². The van der Waals surface area contributed by atoms with E-state index < -0.39 is 117 Å². The minimum atomic E-state index is -1.77. The highest BCUT2D eigenvalue weighted by molar-refractivity contribution is 5.73. The van der Waals surface area contributed by atoms with Crippen LogP contribution in [0.25, 0.3) is 0 Å². The van der Waals surface area contributed by atoms with E-state index in [2.05, 4.69) is 10.6 Å². The number of hydrogen-bond donors (Lipinski definition) is 10. The van der Waals surface area contributed by atoms with E-state index in [1.54, 1.807) is 0 Å². The summed E-state index contributed by atoms with van der Waals surface area (Å²) in [5, 5.41) is 86.8.